The Kier molecular flexibility index (Phi) is 4.47. The number of hydrogen-bond donors (Lipinski definition) is 1. The van der Waals surface area contributed by atoms with Gasteiger partial charge >= 0.3 is 5.69 Å². The third kappa shape index (κ3) is 3.21. The maximum atomic E-state index is 11.9. The summed E-state index contributed by atoms with van der Waals surface area (Å²) in [5, 5.41) is 3.20. The van der Waals surface area contributed by atoms with Gasteiger partial charge in [0.1, 0.15) is 0 Å². The first kappa shape index (κ1) is 14.2. The molecule has 2 heterocycles. The second-order valence-corrected chi connectivity index (χ2v) is 4.66. The van der Waals surface area contributed by atoms with E-state index in [1.807, 2.05) is 18.2 Å². The average Bonchev–Trinajstić information content (AvgIpc) is 2.47. The quantitative estimate of drug-likeness (QED) is 0.767. The van der Waals surface area contributed by atoms with Crippen LogP contribution in [0, 0.1) is 0 Å². The molecule has 0 spiro atoms. The van der Waals surface area contributed by atoms with E-state index in [1.165, 1.54) is 11.6 Å². The summed E-state index contributed by atoms with van der Waals surface area (Å²) in [6, 6.07) is 5.79. The standard InChI is InChI=1S/C14H18N4O2/c1-17-10-11(13(19)18(2)14(17)20)9-15-8-6-12-5-3-4-7-16-12/h3-5,7,10,15H,6,8-9H2,1-2H3. The van der Waals surface area contributed by atoms with Crippen molar-refractivity contribution >= 4 is 0 Å². The van der Waals surface area contributed by atoms with Crippen molar-refractivity contribution in [1.29, 1.82) is 0 Å². The molecule has 2 aromatic rings. The van der Waals surface area contributed by atoms with Crippen molar-refractivity contribution < 1.29 is 0 Å². The van der Waals surface area contributed by atoms with E-state index in [0.717, 1.165) is 23.2 Å². The number of nitrogens with one attached hydrogen (secondary N) is 1. The summed E-state index contributed by atoms with van der Waals surface area (Å²) in [4.78, 5) is 27.7. The summed E-state index contributed by atoms with van der Waals surface area (Å²) in [5.41, 5.74) is 1.02. The fourth-order valence-corrected chi connectivity index (χ4v) is 1.99. The van der Waals surface area contributed by atoms with E-state index < -0.39 is 0 Å². The van der Waals surface area contributed by atoms with Crippen LogP contribution in [0.25, 0.3) is 0 Å². The molecule has 0 saturated carbocycles. The van der Waals surface area contributed by atoms with Crippen molar-refractivity contribution in [3.63, 3.8) is 0 Å². The molecule has 0 aliphatic heterocycles. The van der Waals surface area contributed by atoms with Crippen molar-refractivity contribution in [3.05, 3.63) is 62.7 Å². The van der Waals surface area contributed by atoms with Crippen molar-refractivity contribution in [2.75, 3.05) is 6.54 Å². The average molecular weight is 274 g/mol. The molecule has 0 radical (unpaired) electrons. The molecule has 6 heteroatoms. The highest BCUT2D eigenvalue weighted by molar-refractivity contribution is 5.06. The molecule has 0 bridgehead atoms. The van der Waals surface area contributed by atoms with Crippen LogP contribution in [-0.2, 0) is 27.1 Å². The van der Waals surface area contributed by atoms with Crippen molar-refractivity contribution in [2.45, 2.75) is 13.0 Å². The monoisotopic (exact) mass is 274 g/mol. The number of hydrogen-bond acceptors (Lipinski definition) is 4. The molecule has 106 valence electrons. The first-order chi connectivity index (χ1) is 9.59. The van der Waals surface area contributed by atoms with Crippen LogP contribution < -0.4 is 16.6 Å². The Morgan fingerprint density at radius 2 is 2.05 bits per heavy atom. The fourth-order valence-electron chi connectivity index (χ4n) is 1.99. The van der Waals surface area contributed by atoms with Gasteiger partial charge in [-0.1, -0.05) is 6.07 Å². The van der Waals surface area contributed by atoms with Crippen LogP contribution in [-0.4, -0.2) is 20.7 Å². The van der Waals surface area contributed by atoms with Gasteiger partial charge in [0.2, 0.25) is 0 Å². The van der Waals surface area contributed by atoms with Crippen LogP contribution in [0.3, 0.4) is 0 Å². The summed E-state index contributed by atoms with van der Waals surface area (Å²) in [5.74, 6) is 0. The molecule has 2 rings (SSSR count). The van der Waals surface area contributed by atoms with Gasteiger partial charge in [-0.25, -0.2) is 4.79 Å². The van der Waals surface area contributed by atoms with Crippen LogP contribution >= 0.6 is 0 Å². The van der Waals surface area contributed by atoms with Crippen molar-refractivity contribution in [2.24, 2.45) is 14.1 Å². The first-order valence-corrected chi connectivity index (χ1v) is 6.46. The van der Waals surface area contributed by atoms with E-state index in [4.69, 9.17) is 0 Å². The Balaban J connectivity index is 1.95. The topological polar surface area (TPSA) is 68.9 Å². The van der Waals surface area contributed by atoms with Gasteiger partial charge in [0, 0.05) is 57.3 Å². The molecule has 0 atom stereocenters. The molecule has 6 nitrogen and oxygen atoms in total. The van der Waals surface area contributed by atoms with Crippen LogP contribution in [0.15, 0.2) is 40.2 Å². The third-order valence-corrected chi connectivity index (χ3v) is 3.12. The Morgan fingerprint density at radius 3 is 2.75 bits per heavy atom. The molecule has 0 aliphatic carbocycles. The zero-order valence-corrected chi connectivity index (χ0v) is 11.7. The minimum Gasteiger partial charge on any atom is -0.312 e. The molecule has 2 aromatic heterocycles. The highest BCUT2D eigenvalue weighted by Gasteiger charge is 2.06. The highest BCUT2D eigenvalue weighted by Crippen LogP contribution is 1.94. The molecule has 0 aromatic carbocycles. The maximum Gasteiger partial charge on any atom is 0.330 e. The molecule has 0 unspecified atom stereocenters. The second-order valence-electron chi connectivity index (χ2n) is 4.66. The predicted octanol–water partition coefficient (Wildman–Crippen LogP) is -0.189. The summed E-state index contributed by atoms with van der Waals surface area (Å²) < 4.78 is 2.53. The van der Waals surface area contributed by atoms with E-state index in [-0.39, 0.29) is 11.2 Å². The molecule has 0 fully saturated rings. The lowest BCUT2D eigenvalue weighted by atomic mass is 10.2. The van der Waals surface area contributed by atoms with Crippen LogP contribution in [0.2, 0.25) is 0 Å². The first-order valence-electron chi connectivity index (χ1n) is 6.46. The maximum absolute atomic E-state index is 11.9. The number of pyridine rings is 1. The number of aryl methyl sites for hydroxylation is 1. The SMILES string of the molecule is Cn1cc(CNCCc2ccccn2)c(=O)n(C)c1=O. The van der Waals surface area contributed by atoms with Gasteiger partial charge in [-0.15, -0.1) is 0 Å². The largest absolute Gasteiger partial charge is 0.330 e. The van der Waals surface area contributed by atoms with Crippen molar-refractivity contribution in [1.82, 2.24) is 19.4 Å². The van der Waals surface area contributed by atoms with E-state index in [9.17, 15) is 9.59 Å². The molecule has 0 saturated heterocycles. The van der Waals surface area contributed by atoms with Gasteiger partial charge in [0.15, 0.2) is 0 Å². The molecular formula is C14H18N4O2. The lowest BCUT2D eigenvalue weighted by molar-refractivity contribution is 0.628. The Bertz CT molecular complexity index is 689. The minimum atomic E-state index is -0.313. The van der Waals surface area contributed by atoms with Gasteiger partial charge < -0.3 is 9.88 Å². The minimum absolute atomic E-state index is 0.251. The van der Waals surface area contributed by atoms with Crippen LogP contribution in [0.5, 0.6) is 0 Å². The molecule has 20 heavy (non-hydrogen) atoms. The zero-order chi connectivity index (χ0) is 14.5. The fraction of sp³-hybridized carbons (Fsp3) is 0.357. The molecule has 0 amide bonds. The zero-order valence-electron chi connectivity index (χ0n) is 11.7. The third-order valence-electron chi connectivity index (χ3n) is 3.12. The normalized spacial score (nSPS) is 10.7. The van der Waals surface area contributed by atoms with Gasteiger partial charge in [-0.05, 0) is 12.1 Å². The number of aromatic nitrogens is 3. The summed E-state index contributed by atoms with van der Waals surface area (Å²) in [6.07, 6.45) is 4.14. The molecule has 1 N–H and O–H groups in total. The van der Waals surface area contributed by atoms with Crippen molar-refractivity contribution in [3.8, 4) is 0 Å². The van der Waals surface area contributed by atoms with Gasteiger partial charge in [0.05, 0.1) is 0 Å². The van der Waals surface area contributed by atoms with E-state index >= 15 is 0 Å². The lowest BCUT2D eigenvalue weighted by Crippen LogP contribution is -2.39. The summed E-state index contributed by atoms with van der Waals surface area (Å²) in [6.45, 7) is 1.16. The Morgan fingerprint density at radius 1 is 1.25 bits per heavy atom. The lowest BCUT2D eigenvalue weighted by Gasteiger charge is -2.08. The van der Waals surface area contributed by atoms with Gasteiger partial charge in [-0.2, -0.15) is 0 Å². The summed E-state index contributed by atoms with van der Waals surface area (Å²) in [7, 11) is 3.13. The van der Waals surface area contributed by atoms with E-state index in [1.54, 1.807) is 19.4 Å². The molecular weight excluding hydrogens is 256 g/mol. The number of rotatable bonds is 5. The van der Waals surface area contributed by atoms with E-state index in [0.29, 0.717) is 12.1 Å². The number of nitrogens with zero attached hydrogens (tertiary/aromatic N) is 3. The highest BCUT2D eigenvalue weighted by atomic mass is 16.2. The Hall–Kier alpha value is -2.21. The smallest absolute Gasteiger partial charge is 0.312 e. The van der Waals surface area contributed by atoms with Crippen LogP contribution in [0.4, 0.5) is 0 Å². The Labute approximate surface area is 116 Å². The second kappa shape index (κ2) is 6.29. The van der Waals surface area contributed by atoms with E-state index in [2.05, 4.69) is 10.3 Å². The van der Waals surface area contributed by atoms with Gasteiger partial charge in [0.25, 0.3) is 5.56 Å². The predicted molar refractivity (Wildman–Crippen MR) is 76.6 cm³/mol. The van der Waals surface area contributed by atoms with Crippen LogP contribution in [0.1, 0.15) is 11.3 Å². The summed E-state index contributed by atoms with van der Waals surface area (Å²) >= 11 is 0. The van der Waals surface area contributed by atoms with Gasteiger partial charge in [-0.3, -0.25) is 14.3 Å². The molecule has 0 aliphatic rings.